The number of benzene rings is 1. The highest BCUT2D eigenvalue weighted by Crippen LogP contribution is 2.38. The lowest BCUT2D eigenvalue weighted by Crippen LogP contribution is -2.59. The number of fused-ring (bicyclic) bond motifs is 1. The molecule has 0 atom stereocenters. The van der Waals surface area contributed by atoms with Crippen LogP contribution in [0.3, 0.4) is 0 Å². The predicted molar refractivity (Wildman–Crippen MR) is 122 cm³/mol. The minimum Gasteiger partial charge on any atom is -0.324 e. The van der Waals surface area contributed by atoms with E-state index in [4.69, 9.17) is 4.98 Å². The van der Waals surface area contributed by atoms with Crippen LogP contribution in [0, 0.1) is 0 Å². The van der Waals surface area contributed by atoms with Gasteiger partial charge in [-0.3, -0.25) is 9.91 Å². The average molecular weight is 418 g/mol. The molecule has 2 aromatic heterocycles. The maximum atomic E-state index is 12.9. The number of hydrazine groups is 1. The largest absolute Gasteiger partial charge is 0.343 e. The summed E-state index contributed by atoms with van der Waals surface area (Å²) < 4.78 is 2.06. The fourth-order valence-corrected chi connectivity index (χ4v) is 4.47. The van der Waals surface area contributed by atoms with Gasteiger partial charge in [0.2, 0.25) is 5.95 Å². The molecule has 0 bridgehead atoms. The number of nitrogens with one attached hydrogen (secondary N) is 1. The van der Waals surface area contributed by atoms with Crippen LogP contribution in [-0.2, 0) is 0 Å². The van der Waals surface area contributed by atoms with Gasteiger partial charge in [-0.2, -0.15) is 4.98 Å². The van der Waals surface area contributed by atoms with Crippen molar-refractivity contribution in [1.29, 1.82) is 0 Å². The number of urea groups is 1. The molecule has 2 amide bonds. The molecule has 3 aromatic rings. The third-order valence-electron chi connectivity index (χ3n) is 6.09. The van der Waals surface area contributed by atoms with Crippen LogP contribution >= 0.6 is 0 Å². The highest BCUT2D eigenvalue weighted by Gasteiger charge is 2.39. The lowest BCUT2D eigenvalue weighted by atomic mass is 10.2. The number of nitrogens with zero attached hydrogens (tertiary/aromatic N) is 6. The molecule has 1 aromatic carbocycles. The van der Waals surface area contributed by atoms with Crippen molar-refractivity contribution in [2.24, 2.45) is 0 Å². The van der Waals surface area contributed by atoms with Crippen LogP contribution in [-0.4, -0.2) is 45.2 Å². The number of anilines is 4. The fourth-order valence-electron chi connectivity index (χ4n) is 4.47. The Balaban J connectivity index is 1.45. The van der Waals surface area contributed by atoms with Crippen molar-refractivity contribution in [1.82, 2.24) is 19.5 Å². The molecule has 0 saturated heterocycles. The van der Waals surface area contributed by atoms with Crippen LogP contribution in [0.15, 0.2) is 55.0 Å². The zero-order chi connectivity index (χ0) is 21.4. The quantitative estimate of drug-likeness (QED) is 0.659. The first-order valence-electron chi connectivity index (χ1n) is 10.9. The van der Waals surface area contributed by atoms with Gasteiger partial charge >= 0.3 is 6.03 Å². The van der Waals surface area contributed by atoms with Crippen LogP contribution < -0.4 is 15.2 Å². The van der Waals surface area contributed by atoms with Gasteiger partial charge in [-0.15, -0.1) is 0 Å². The SMILES string of the molecule is CCN1C(=O)N(C)c2cnc(Nc3ccc(-n4cccc4)cc3)nc2N1C1CCCC1. The van der Waals surface area contributed by atoms with E-state index in [1.54, 1.807) is 23.2 Å². The second-order valence-corrected chi connectivity index (χ2v) is 8.00. The normalized spacial score (nSPS) is 16.7. The lowest BCUT2D eigenvalue weighted by Gasteiger charge is -2.45. The smallest absolute Gasteiger partial charge is 0.324 e. The number of carbonyl (C=O) groups excluding carboxylic acids is 1. The number of aromatic nitrogens is 3. The molecule has 0 spiro atoms. The number of hydrogen-bond acceptors (Lipinski definition) is 5. The summed E-state index contributed by atoms with van der Waals surface area (Å²) in [5.41, 5.74) is 2.75. The van der Waals surface area contributed by atoms with Gasteiger partial charge in [0, 0.05) is 37.4 Å². The van der Waals surface area contributed by atoms with E-state index < -0.39 is 0 Å². The molecule has 1 aliphatic carbocycles. The van der Waals surface area contributed by atoms with Gasteiger partial charge in [-0.1, -0.05) is 12.8 Å². The van der Waals surface area contributed by atoms with Crippen molar-refractivity contribution in [2.75, 3.05) is 28.8 Å². The van der Waals surface area contributed by atoms with Crippen molar-refractivity contribution in [3.8, 4) is 5.69 Å². The summed E-state index contributed by atoms with van der Waals surface area (Å²) in [5, 5.41) is 7.23. The van der Waals surface area contributed by atoms with E-state index in [1.807, 2.05) is 43.6 Å². The first-order valence-corrected chi connectivity index (χ1v) is 10.9. The van der Waals surface area contributed by atoms with Crippen molar-refractivity contribution < 1.29 is 4.79 Å². The molecule has 1 saturated carbocycles. The average Bonchev–Trinajstić information content (AvgIpc) is 3.51. The summed E-state index contributed by atoms with van der Waals surface area (Å²) in [5.74, 6) is 1.31. The van der Waals surface area contributed by atoms with E-state index in [2.05, 4.69) is 32.0 Å². The van der Waals surface area contributed by atoms with Crippen LogP contribution in [0.2, 0.25) is 0 Å². The Bertz CT molecular complexity index is 1060. The summed E-state index contributed by atoms with van der Waals surface area (Å²) in [6.45, 7) is 2.61. The molecule has 8 nitrogen and oxygen atoms in total. The fraction of sp³-hybridized carbons (Fsp3) is 0.348. The van der Waals surface area contributed by atoms with Crippen LogP contribution in [0.4, 0.5) is 27.9 Å². The van der Waals surface area contributed by atoms with Crippen LogP contribution in [0.1, 0.15) is 32.6 Å². The summed E-state index contributed by atoms with van der Waals surface area (Å²) in [6.07, 6.45) is 10.3. The molecule has 0 unspecified atom stereocenters. The minimum absolute atomic E-state index is 0.0354. The molecule has 0 radical (unpaired) electrons. The summed E-state index contributed by atoms with van der Waals surface area (Å²) in [7, 11) is 1.78. The summed E-state index contributed by atoms with van der Waals surface area (Å²) >= 11 is 0. The lowest BCUT2D eigenvalue weighted by molar-refractivity contribution is 0.191. The van der Waals surface area contributed by atoms with Crippen molar-refractivity contribution in [3.05, 3.63) is 55.0 Å². The second-order valence-electron chi connectivity index (χ2n) is 8.00. The second kappa shape index (κ2) is 7.94. The third kappa shape index (κ3) is 3.48. The number of amides is 2. The first-order chi connectivity index (χ1) is 15.2. The first kappa shape index (κ1) is 19.4. The van der Waals surface area contributed by atoms with E-state index in [0.717, 1.165) is 35.7 Å². The monoisotopic (exact) mass is 417 g/mol. The van der Waals surface area contributed by atoms with Gasteiger partial charge in [0.15, 0.2) is 5.82 Å². The maximum Gasteiger partial charge on any atom is 0.343 e. The Morgan fingerprint density at radius 1 is 1.10 bits per heavy atom. The van der Waals surface area contributed by atoms with Crippen LogP contribution in [0.5, 0.6) is 0 Å². The zero-order valence-electron chi connectivity index (χ0n) is 17.9. The summed E-state index contributed by atoms with van der Waals surface area (Å²) in [4.78, 5) is 23.9. The molecular formula is C23H27N7O. The Morgan fingerprint density at radius 3 is 2.48 bits per heavy atom. The molecule has 160 valence electrons. The Morgan fingerprint density at radius 2 is 1.81 bits per heavy atom. The van der Waals surface area contributed by atoms with E-state index in [0.29, 0.717) is 18.5 Å². The maximum absolute atomic E-state index is 12.9. The predicted octanol–water partition coefficient (Wildman–Crippen LogP) is 4.57. The highest BCUT2D eigenvalue weighted by molar-refractivity contribution is 5.98. The van der Waals surface area contributed by atoms with Gasteiger partial charge in [-0.05, 0) is 56.2 Å². The molecule has 2 aliphatic rings. The van der Waals surface area contributed by atoms with Gasteiger partial charge < -0.3 is 9.88 Å². The van der Waals surface area contributed by atoms with Gasteiger partial charge in [0.05, 0.1) is 12.2 Å². The van der Waals surface area contributed by atoms with Gasteiger partial charge in [0.1, 0.15) is 5.69 Å². The van der Waals surface area contributed by atoms with E-state index in [1.165, 1.54) is 12.8 Å². The van der Waals surface area contributed by atoms with Crippen molar-refractivity contribution >= 4 is 29.2 Å². The molecule has 31 heavy (non-hydrogen) atoms. The summed E-state index contributed by atoms with van der Waals surface area (Å²) in [6, 6.07) is 12.4. The van der Waals surface area contributed by atoms with Gasteiger partial charge in [0.25, 0.3) is 0 Å². The molecular weight excluding hydrogens is 390 g/mol. The van der Waals surface area contributed by atoms with Gasteiger partial charge in [-0.25, -0.2) is 14.8 Å². The number of hydrogen-bond donors (Lipinski definition) is 1. The number of rotatable bonds is 5. The topological polar surface area (TPSA) is 69.5 Å². The molecule has 5 rings (SSSR count). The third-order valence-corrected chi connectivity index (χ3v) is 6.09. The Labute approximate surface area is 182 Å². The Hall–Kier alpha value is -3.55. The molecule has 1 aliphatic heterocycles. The zero-order valence-corrected chi connectivity index (χ0v) is 17.9. The minimum atomic E-state index is -0.0354. The molecule has 1 N–H and O–H groups in total. The Kier molecular flexibility index (Phi) is 4.97. The standard InChI is InChI=1S/C23H27N7O/c1-3-29-23(31)27(2)20-16-24-22(26-21(20)30(29)19-8-4-5-9-19)25-17-10-12-18(13-11-17)28-14-6-7-15-28/h6-7,10-16,19H,3-5,8-9H2,1-2H3,(H,24,25,26). The van der Waals surface area contributed by atoms with Crippen molar-refractivity contribution in [2.45, 2.75) is 38.6 Å². The van der Waals surface area contributed by atoms with Crippen LogP contribution in [0.25, 0.3) is 5.69 Å². The van der Waals surface area contributed by atoms with E-state index in [-0.39, 0.29) is 6.03 Å². The molecule has 8 heteroatoms. The van der Waals surface area contributed by atoms with Crippen molar-refractivity contribution in [3.63, 3.8) is 0 Å². The number of carbonyl (C=O) groups is 1. The molecule has 3 heterocycles. The van der Waals surface area contributed by atoms with E-state index in [9.17, 15) is 4.79 Å². The highest BCUT2D eigenvalue weighted by atomic mass is 16.2. The van der Waals surface area contributed by atoms with E-state index >= 15 is 0 Å². The molecule has 1 fully saturated rings.